The molecule has 0 bridgehead atoms. The van der Waals surface area contributed by atoms with Crippen LogP contribution in [-0.4, -0.2) is 24.5 Å². The first-order valence-electron chi connectivity index (χ1n) is 7.20. The van der Waals surface area contributed by atoms with Crippen molar-refractivity contribution in [2.24, 2.45) is 0 Å². The van der Waals surface area contributed by atoms with Crippen molar-refractivity contribution >= 4 is 5.91 Å². The highest BCUT2D eigenvalue weighted by atomic mass is 19.1. The average Bonchev–Trinajstić information content (AvgIpc) is 2.39. The van der Waals surface area contributed by atoms with Crippen molar-refractivity contribution in [3.8, 4) is 0 Å². The second kappa shape index (κ2) is 5.92. The van der Waals surface area contributed by atoms with Crippen LogP contribution in [0.1, 0.15) is 39.2 Å². The van der Waals surface area contributed by atoms with E-state index in [1.807, 2.05) is 13.8 Å². The fourth-order valence-corrected chi connectivity index (χ4v) is 2.63. The molecule has 2 rings (SSSR count). The van der Waals surface area contributed by atoms with E-state index in [1.54, 1.807) is 12.1 Å². The molecular formula is C16H23FN2O. The molecule has 1 heterocycles. The molecule has 4 heteroatoms. The van der Waals surface area contributed by atoms with Crippen LogP contribution in [0.3, 0.4) is 0 Å². The van der Waals surface area contributed by atoms with Gasteiger partial charge < -0.3 is 10.6 Å². The van der Waals surface area contributed by atoms with Gasteiger partial charge >= 0.3 is 0 Å². The highest BCUT2D eigenvalue weighted by Crippen LogP contribution is 2.24. The van der Waals surface area contributed by atoms with Gasteiger partial charge in [-0.3, -0.25) is 4.79 Å². The molecule has 0 aromatic heterocycles. The smallest absolute Gasteiger partial charge is 0.230 e. The number of halogens is 1. The van der Waals surface area contributed by atoms with E-state index in [0.29, 0.717) is 6.04 Å². The third kappa shape index (κ3) is 3.37. The maximum atomic E-state index is 13.0. The monoisotopic (exact) mass is 278 g/mol. The summed E-state index contributed by atoms with van der Waals surface area (Å²) in [6, 6.07) is 6.81. The van der Waals surface area contributed by atoms with Crippen LogP contribution in [0.15, 0.2) is 24.3 Å². The summed E-state index contributed by atoms with van der Waals surface area (Å²) in [5.74, 6) is -0.277. The molecule has 1 fully saturated rings. The van der Waals surface area contributed by atoms with Crippen LogP contribution in [-0.2, 0) is 10.2 Å². The highest BCUT2D eigenvalue weighted by Gasteiger charge is 2.32. The van der Waals surface area contributed by atoms with Crippen LogP contribution in [0.5, 0.6) is 0 Å². The fraction of sp³-hybridized carbons (Fsp3) is 0.562. The molecule has 1 amide bonds. The molecule has 2 N–H and O–H groups in total. The van der Waals surface area contributed by atoms with Crippen molar-refractivity contribution in [2.45, 2.75) is 51.1 Å². The first kappa shape index (κ1) is 15.0. The van der Waals surface area contributed by atoms with Crippen molar-refractivity contribution in [1.29, 1.82) is 0 Å². The van der Waals surface area contributed by atoms with E-state index in [1.165, 1.54) is 12.1 Å². The Hall–Kier alpha value is -1.42. The number of hydrogen-bond donors (Lipinski definition) is 2. The van der Waals surface area contributed by atoms with Crippen LogP contribution in [0.4, 0.5) is 4.39 Å². The van der Waals surface area contributed by atoms with E-state index in [9.17, 15) is 9.18 Å². The lowest BCUT2D eigenvalue weighted by atomic mass is 9.83. The summed E-state index contributed by atoms with van der Waals surface area (Å²) in [5, 5.41) is 6.50. The largest absolute Gasteiger partial charge is 0.353 e. The first-order chi connectivity index (χ1) is 9.39. The zero-order chi connectivity index (χ0) is 14.8. The van der Waals surface area contributed by atoms with Gasteiger partial charge in [-0.1, -0.05) is 12.1 Å². The maximum absolute atomic E-state index is 13.0. The summed E-state index contributed by atoms with van der Waals surface area (Å²) < 4.78 is 13.0. The van der Waals surface area contributed by atoms with Crippen molar-refractivity contribution in [1.82, 2.24) is 10.6 Å². The highest BCUT2D eigenvalue weighted by molar-refractivity contribution is 5.87. The van der Waals surface area contributed by atoms with Crippen molar-refractivity contribution in [2.75, 3.05) is 6.54 Å². The number of rotatable bonds is 3. The van der Waals surface area contributed by atoms with Gasteiger partial charge in [0.05, 0.1) is 5.41 Å². The van der Waals surface area contributed by atoms with Crippen LogP contribution < -0.4 is 10.6 Å². The molecule has 0 radical (unpaired) electrons. The average molecular weight is 278 g/mol. The molecule has 0 aliphatic carbocycles. The number of benzene rings is 1. The molecule has 2 atom stereocenters. The lowest BCUT2D eigenvalue weighted by Gasteiger charge is -2.32. The molecule has 110 valence electrons. The lowest BCUT2D eigenvalue weighted by molar-refractivity contribution is -0.126. The van der Waals surface area contributed by atoms with E-state index in [0.717, 1.165) is 24.9 Å². The number of carbonyl (C=O) groups excluding carboxylic acids is 1. The van der Waals surface area contributed by atoms with Crippen molar-refractivity contribution in [3.63, 3.8) is 0 Å². The normalized spacial score (nSPS) is 23.4. The Kier molecular flexibility index (Phi) is 4.43. The predicted octanol–water partition coefficient (Wildman–Crippen LogP) is 2.36. The zero-order valence-electron chi connectivity index (χ0n) is 12.4. The fourth-order valence-electron chi connectivity index (χ4n) is 2.63. The van der Waals surface area contributed by atoms with Gasteiger partial charge in [-0.2, -0.15) is 0 Å². The second-order valence-corrected chi connectivity index (χ2v) is 6.18. The summed E-state index contributed by atoms with van der Waals surface area (Å²) in [4.78, 5) is 12.5. The Morgan fingerprint density at radius 1 is 1.35 bits per heavy atom. The maximum Gasteiger partial charge on any atom is 0.230 e. The van der Waals surface area contributed by atoms with Gasteiger partial charge in [-0.05, 0) is 57.9 Å². The summed E-state index contributed by atoms with van der Waals surface area (Å²) in [7, 11) is 0. The summed E-state index contributed by atoms with van der Waals surface area (Å²) in [5.41, 5.74) is 0.181. The van der Waals surface area contributed by atoms with E-state index in [-0.39, 0.29) is 17.8 Å². The number of hydrogen-bond acceptors (Lipinski definition) is 2. The SMILES string of the molecule is CC1CC(NC(=O)C(C)(C)c2ccc(F)cc2)CCN1. The Morgan fingerprint density at radius 3 is 2.60 bits per heavy atom. The zero-order valence-corrected chi connectivity index (χ0v) is 12.4. The van der Waals surface area contributed by atoms with Gasteiger partial charge in [0.1, 0.15) is 5.82 Å². The van der Waals surface area contributed by atoms with E-state index in [4.69, 9.17) is 0 Å². The van der Waals surface area contributed by atoms with Crippen LogP contribution in [0.25, 0.3) is 0 Å². The minimum Gasteiger partial charge on any atom is -0.353 e. The summed E-state index contributed by atoms with van der Waals surface area (Å²) in [6.45, 7) is 6.81. The van der Waals surface area contributed by atoms with E-state index in [2.05, 4.69) is 17.6 Å². The second-order valence-electron chi connectivity index (χ2n) is 6.18. The third-order valence-electron chi connectivity index (χ3n) is 4.09. The molecular weight excluding hydrogens is 255 g/mol. The van der Waals surface area contributed by atoms with Gasteiger partial charge in [0.2, 0.25) is 5.91 Å². The van der Waals surface area contributed by atoms with Crippen molar-refractivity contribution in [3.05, 3.63) is 35.6 Å². The number of carbonyl (C=O) groups is 1. The summed E-state index contributed by atoms with van der Waals surface area (Å²) in [6.07, 6.45) is 1.90. The van der Waals surface area contributed by atoms with Crippen LogP contribution >= 0.6 is 0 Å². The standard InChI is InChI=1S/C16H23FN2O/c1-11-10-14(8-9-18-11)19-15(20)16(2,3)12-4-6-13(17)7-5-12/h4-7,11,14,18H,8-10H2,1-3H3,(H,19,20). The molecule has 0 spiro atoms. The van der Waals surface area contributed by atoms with E-state index < -0.39 is 5.41 Å². The molecule has 20 heavy (non-hydrogen) atoms. The minimum atomic E-state index is -0.651. The van der Waals surface area contributed by atoms with Gasteiger partial charge in [-0.25, -0.2) is 4.39 Å². The van der Waals surface area contributed by atoms with Gasteiger partial charge in [0.25, 0.3) is 0 Å². The molecule has 1 saturated heterocycles. The molecule has 2 unspecified atom stereocenters. The summed E-state index contributed by atoms with van der Waals surface area (Å²) >= 11 is 0. The first-order valence-corrected chi connectivity index (χ1v) is 7.20. The van der Waals surface area contributed by atoms with Gasteiger partial charge in [0.15, 0.2) is 0 Å². The molecule has 1 aliphatic rings. The molecule has 1 aromatic rings. The lowest BCUT2D eigenvalue weighted by Crippen LogP contribution is -2.50. The third-order valence-corrected chi connectivity index (χ3v) is 4.09. The molecule has 1 aliphatic heterocycles. The Bertz CT molecular complexity index is 470. The molecule has 1 aromatic carbocycles. The molecule has 3 nitrogen and oxygen atoms in total. The van der Waals surface area contributed by atoms with Crippen molar-refractivity contribution < 1.29 is 9.18 Å². The Balaban J connectivity index is 2.04. The number of nitrogens with one attached hydrogen (secondary N) is 2. The number of amides is 1. The predicted molar refractivity (Wildman–Crippen MR) is 78.1 cm³/mol. The minimum absolute atomic E-state index is 0.00297. The van der Waals surface area contributed by atoms with Crippen LogP contribution in [0.2, 0.25) is 0 Å². The van der Waals surface area contributed by atoms with E-state index >= 15 is 0 Å². The van der Waals surface area contributed by atoms with Crippen LogP contribution in [0, 0.1) is 5.82 Å². The van der Waals surface area contributed by atoms with Gasteiger partial charge in [-0.15, -0.1) is 0 Å². The topological polar surface area (TPSA) is 41.1 Å². The number of piperidine rings is 1. The Labute approximate surface area is 120 Å². The quantitative estimate of drug-likeness (QED) is 0.891. The Morgan fingerprint density at radius 2 is 2.00 bits per heavy atom. The molecule has 0 saturated carbocycles. The van der Waals surface area contributed by atoms with Gasteiger partial charge in [0, 0.05) is 12.1 Å².